The number of ether oxygens (including phenoxy) is 2. The number of halogens is 1. The van der Waals surface area contributed by atoms with E-state index in [0.29, 0.717) is 12.6 Å². The Bertz CT molecular complexity index is 340. The minimum atomic E-state index is 0.589. The quantitative estimate of drug-likeness (QED) is 0.848. The van der Waals surface area contributed by atoms with Crippen LogP contribution in [0.5, 0.6) is 5.75 Å². The van der Waals surface area contributed by atoms with E-state index in [1.807, 2.05) is 24.3 Å². The van der Waals surface area contributed by atoms with Gasteiger partial charge in [0.05, 0.1) is 4.47 Å². The first kappa shape index (κ1) is 12.9. The molecule has 1 N–H and O–H groups in total. The summed E-state index contributed by atoms with van der Waals surface area (Å²) in [6.07, 6.45) is 2.21. The summed E-state index contributed by atoms with van der Waals surface area (Å²) in [6.45, 7) is 3.33. The molecule has 0 unspecified atom stereocenters. The molecule has 0 aromatic heterocycles. The van der Waals surface area contributed by atoms with Crippen LogP contribution in [0.3, 0.4) is 0 Å². The van der Waals surface area contributed by atoms with E-state index in [0.717, 1.165) is 42.8 Å². The number of benzene rings is 1. The normalized spacial score (nSPS) is 17.0. The first-order valence-electron chi connectivity index (χ1n) is 6.05. The molecule has 3 nitrogen and oxygen atoms in total. The molecular weight excluding hydrogens is 282 g/mol. The van der Waals surface area contributed by atoms with Crippen LogP contribution in [0.25, 0.3) is 0 Å². The molecule has 0 bridgehead atoms. The first-order valence-corrected chi connectivity index (χ1v) is 6.84. The van der Waals surface area contributed by atoms with E-state index in [4.69, 9.17) is 9.47 Å². The second-order valence-electron chi connectivity index (χ2n) is 4.12. The zero-order valence-electron chi connectivity index (χ0n) is 9.82. The highest BCUT2D eigenvalue weighted by molar-refractivity contribution is 9.10. The third-order valence-electron chi connectivity index (χ3n) is 2.85. The summed E-state index contributed by atoms with van der Waals surface area (Å²) in [5, 5.41) is 3.49. The minimum absolute atomic E-state index is 0.589. The molecule has 0 radical (unpaired) electrons. The molecule has 1 aliphatic rings. The summed E-state index contributed by atoms with van der Waals surface area (Å²) in [5.41, 5.74) is 0. The van der Waals surface area contributed by atoms with E-state index >= 15 is 0 Å². The van der Waals surface area contributed by atoms with Crippen LogP contribution in [0.2, 0.25) is 0 Å². The van der Waals surface area contributed by atoms with Crippen LogP contribution in [-0.4, -0.2) is 32.4 Å². The standard InChI is InChI=1S/C13H18BrNO2/c14-12-3-1-2-4-13(12)17-10-7-15-11-5-8-16-9-6-11/h1-4,11,15H,5-10H2. The number of hydrogen-bond donors (Lipinski definition) is 1. The lowest BCUT2D eigenvalue weighted by molar-refractivity contribution is 0.0770. The number of rotatable bonds is 5. The van der Waals surface area contributed by atoms with Crippen molar-refractivity contribution < 1.29 is 9.47 Å². The predicted molar refractivity (Wildman–Crippen MR) is 71.5 cm³/mol. The Hall–Kier alpha value is -0.580. The van der Waals surface area contributed by atoms with Gasteiger partial charge in [-0.2, -0.15) is 0 Å². The lowest BCUT2D eigenvalue weighted by Gasteiger charge is -2.23. The summed E-state index contributed by atoms with van der Waals surface area (Å²) >= 11 is 3.46. The van der Waals surface area contributed by atoms with Crippen molar-refractivity contribution in [2.45, 2.75) is 18.9 Å². The van der Waals surface area contributed by atoms with Gasteiger partial charge in [-0.1, -0.05) is 12.1 Å². The molecule has 0 atom stereocenters. The zero-order chi connectivity index (χ0) is 11.9. The van der Waals surface area contributed by atoms with E-state index in [1.54, 1.807) is 0 Å². The molecule has 2 rings (SSSR count). The van der Waals surface area contributed by atoms with Crippen molar-refractivity contribution in [3.05, 3.63) is 28.7 Å². The van der Waals surface area contributed by atoms with Crippen molar-refractivity contribution in [3.8, 4) is 5.75 Å². The Morgan fingerprint density at radius 3 is 2.82 bits per heavy atom. The molecule has 1 saturated heterocycles. The van der Waals surface area contributed by atoms with Crippen molar-refractivity contribution in [1.82, 2.24) is 5.32 Å². The van der Waals surface area contributed by atoms with E-state index in [1.165, 1.54) is 0 Å². The van der Waals surface area contributed by atoms with Crippen LogP contribution < -0.4 is 10.1 Å². The van der Waals surface area contributed by atoms with Crippen LogP contribution in [-0.2, 0) is 4.74 Å². The molecule has 1 aromatic carbocycles. The van der Waals surface area contributed by atoms with E-state index < -0.39 is 0 Å². The van der Waals surface area contributed by atoms with E-state index in [9.17, 15) is 0 Å². The molecule has 17 heavy (non-hydrogen) atoms. The van der Waals surface area contributed by atoms with E-state index in [2.05, 4.69) is 21.2 Å². The molecule has 4 heteroatoms. The van der Waals surface area contributed by atoms with Gasteiger partial charge in [-0.25, -0.2) is 0 Å². The van der Waals surface area contributed by atoms with E-state index in [-0.39, 0.29) is 0 Å². The number of nitrogens with one attached hydrogen (secondary N) is 1. The van der Waals surface area contributed by atoms with Gasteiger partial charge in [0.25, 0.3) is 0 Å². The van der Waals surface area contributed by atoms with Gasteiger partial charge in [-0.15, -0.1) is 0 Å². The van der Waals surface area contributed by atoms with Crippen molar-refractivity contribution in [3.63, 3.8) is 0 Å². The first-order chi connectivity index (χ1) is 8.36. The monoisotopic (exact) mass is 299 g/mol. The highest BCUT2D eigenvalue weighted by atomic mass is 79.9. The fourth-order valence-corrected chi connectivity index (χ4v) is 2.29. The average Bonchev–Trinajstić information content (AvgIpc) is 2.38. The van der Waals surface area contributed by atoms with Crippen molar-refractivity contribution >= 4 is 15.9 Å². The maximum Gasteiger partial charge on any atom is 0.133 e. The lowest BCUT2D eigenvalue weighted by Crippen LogP contribution is -2.37. The third-order valence-corrected chi connectivity index (χ3v) is 3.51. The molecule has 0 aliphatic carbocycles. The Morgan fingerprint density at radius 2 is 2.06 bits per heavy atom. The van der Waals surface area contributed by atoms with Crippen LogP contribution in [0.15, 0.2) is 28.7 Å². The Kier molecular flexibility index (Phi) is 5.29. The topological polar surface area (TPSA) is 30.5 Å². The van der Waals surface area contributed by atoms with Crippen LogP contribution in [0, 0.1) is 0 Å². The largest absolute Gasteiger partial charge is 0.491 e. The summed E-state index contributed by atoms with van der Waals surface area (Å²) in [4.78, 5) is 0. The van der Waals surface area contributed by atoms with Gasteiger partial charge in [0.1, 0.15) is 12.4 Å². The van der Waals surface area contributed by atoms with Crippen molar-refractivity contribution in [2.24, 2.45) is 0 Å². The number of para-hydroxylation sites is 1. The third kappa shape index (κ3) is 4.30. The zero-order valence-corrected chi connectivity index (χ0v) is 11.4. The second-order valence-corrected chi connectivity index (χ2v) is 4.97. The Balaban J connectivity index is 1.64. The van der Waals surface area contributed by atoms with Crippen molar-refractivity contribution in [2.75, 3.05) is 26.4 Å². The molecule has 1 fully saturated rings. The maximum absolute atomic E-state index is 5.69. The fraction of sp³-hybridized carbons (Fsp3) is 0.538. The SMILES string of the molecule is Brc1ccccc1OCCNC1CCOCC1. The number of hydrogen-bond acceptors (Lipinski definition) is 3. The van der Waals surface area contributed by atoms with Gasteiger partial charge in [0, 0.05) is 25.8 Å². The predicted octanol–water partition coefficient (Wildman–Crippen LogP) is 2.60. The molecular formula is C13H18BrNO2. The van der Waals surface area contributed by atoms with Gasteiger partial charge in [-0.3, -0.25) is 0 Å². The molecule has 0 amide bonds. The van der Waals surface area contributed by atoms with Gasteiger partial charge >= 0.3 is 0 Å². The molecule has 0 saturated carbocycles. The fourth-order valence-electron chi connectivity index (χ4n) is 1.89. The molecule has 1 aromatic rings. The van der Waals surface area contributed by atoms with Crippen molar-refractivity contribution in [1.29, 1.82) is 0 Å². The van der Waals surface area contributed by atoms with Crippen LogP contribution in [0.4, 0.5) is 0 Å². The van der Waals surface area contributed by atoms with Gasteiger partial charge in [0.15, 0.2) is 0 Å². The second kappa shape index (κ2) is 6.99. The highest BCUT2D eigenvalue weighted by Gasteiger charge is 2.12. The van der Waals surface area contributed by atoms with Gasteiger partial charge in [0.2, 0.25) is 0 Å². The minimum Gasteiger partial charge on any atom is -0.491 e. The lowest BCUT2D eigenvalue weighted by atomic mass is 10.1. The summed E-state index contributed by atoms with van der Waals surface area (Å²) < 4.78 is 12.0. The smallest absolute Gasteiger partial charge is 0.133 e. The molecule has 1 heterocycles. The van der Waals surface area contributed by atoms with Gasteiger partial charge in [-0.05, 0) is 40.9 Å². The molecule has 1 aliphatic heterocycles. The summed E-state index contributed by atoms with van der Waals surface area (Å²) in [7, 11) is 0. The Morgan fingerprint density at radius 1 is 1.29 bits per heavy atom. The molecule has 0 spiro atoms. The molecule has 94 valence electrons. The highest BCUT2D eigenvalue weighted by Crippen LogP contribution is 2.23. The Labute approximate surface area is 111 Å². The van der Waals surface area contributed by atoms with Gasteiger partial charge < -0.3 is 14.8 Å². The maximum atomic E-state index is 5.69. The van der Waals surface area contributed by atoms with Crippen LogP contribution in [0.1, 0.15) is 12.8 Å². The van der Waals surface area contributed by atoms with Crippen LogP contribution >= 0.6 is 15.9 Å². The summed E-state index contributed by atoms with van der Waals surface area (Å²) in [6, 6.07) is 8.51. The summed E-state index contributed by atoms with van der Waals surface area (Å²) in [5.74, 6) is 0.904. The average molecular weight is 300 g/mol.